The van der Waals surface area contributed by atoms with Crippen molar-refractivity contribution in [2.24, 2.45) is 17.3 Å². The van der Waals surface area contributed by atoms with Crippen molar-refractivity contribution < 1.29 is 4.74 Å². The minimum Gasteiger partial charge on any atom is -0.381 e. The van der Waals surface area contributed by atoms with Crippen LogP contribution in [-0.2, 0) is 4.74 Å². The standard InChI is InChI=1S/C17H34N2O/c1-14(2)10-18-12-17(5-7-20-8-6-17)13-19-11-15(3)9-16(19)4/h14-16,18H,5-13H2,1-4H3. The molecule has 3 nitrogen and oxygen atoms in total. The highest BCUT2D eigenvalue weighted by Gasteiger charge is 2.37. The average Bonchev–Trinajstić information content (AvgIpc) is 2.68. The first-order chi connectivity index (χ1) is 9.51. The molecular weight excluding hydrogens is 248 g/mol. The lowest BCUT2D eigenvalue weighted by Gasteiger charge is -2.41. The van der Waals surface area contributed by atoms with Crippen molar-refractivity contribution in [3.8, 4) is 0 Å². The van der Waals surface area contributed by atoms with Gasteiger partial charge >= 0.3 is 0 Å². The molecule has 0 aromatic heterocycles. The van der Waals surface area contributed by atoms with Crippen LogP contribution in [0.5, 0.6) is 0 Å². The van der Waals surface area contributed by atoms with Crippen molar-refractivity contribution in [1.82, 2.24) is 10.2 Å². The fourth-order valence-corrected chi connectivity index (χ4v) is 3.86. The second-order valence-electron chi connectivity index (χ2n) is 7.76. The van der Waals surface area contributed by atoms with Gasteiger partial charge in [0, 0.05) is 38.9 Å². The molecule has 2 fully saturated rings. The van der Waals surface area contributed by atoms with Crippen molar-refractivity contribution in [3.63, 3.8) is 0 Å². The number of nitrogens with one attached hydrogen (secondary N) is 1. The van der Waals surface area contributed by atoms with Crippen LogP contribution in [0.3, 0.4) is 0 Å². The molecule has 2 aliphatic heterocycles. The summed E-state index contributed by atoms with van der Waals surface area (Å²) in [6, 6.07) is 0.759. The van der Waals surface area contributed by atoms with Crippen LogP contribution in [0.25, 0.3) is 0 Å². The van der Waals surface area contributed by atoms with Crippen LogP contribution in [0.15, 0.2) is 0 Å². The summed E-state index contributed by atoms with van der Waals surface area (Å²) in [5, 5.41) is 3.71. The zero-order valence-electron chi connectivity index (χ0n) is 14.0. The summed E-state index contributed by atoms with van der Waals surface area (Å²) >= 11 is 0. The summed E-state index contributed by atoms with van der Waals surface area (Å²) in [7, 11) is 0. The molecule has 0 amide bonds. The van der Waals surface area contributed by atoms with Gasteiger partial charge in [-0.25, -0.2) is 0 Å². The van der Waals surface area contributed by atoms with E-state index in [4.69, 9.17) is 4.74 Å². The number of hydrogen-bond donors (Lipinski definition) is 1. The maximum atomic E-state index is 5.62. The Morgan fingerprint density at radius 1 is 1.25 bits per heavy atom. The number of hydrogen-bond acceptors (Lipinski definition) is 3. The van der Waals surface area contributed by atoms with Crippen molar-refractivity contribution in [1.29, 1.82) is 0 Å². The van der Waals surface area contributed by atoms with E-state index in [-0.39, 0.29) is 0 Å². The Kier molecular flexibility index (Phi) is 5.88. The zero-order valence-corrected chi connectivity index (χ0v) is 14.0. The first-order valence-electron chi connectivity index (χ1n) is 8.53. The fraction of sp³-hybridized carbons (Fsp3) is 1.00. The van der Waals surface area contributed by atoms with Crippen molar-refractivity contribution in [2.75, 3.05) is 39.4 Å². The molecule has 1 N–H and O–H groups in total. The summed E-state index contributed by atoms with van der Waals surface area (Å²) in [6.45, 7) is 16.1. The molecule has 0 spiro atoms. The predicted octanol–water partition coefficient (Wildman–Crippen LogP) is 2.76. The first kappa shape index (κ1) is 16.3. The van der Waals surface area contributed by atoms with Crippen LogP contribution in [0.2, 0.25) is 0 Å². The molecule has 20 heavy (non-hydrogen) atoms. The maximum absolute atomic E-state index is 5.62. The molecule has 0 radical (unpaired) electrons. The second kappa shape index (κ2) is 7.24. The van der Waals surface area contributed by atoms with Crippen LogP contribution in [0.4, 0.5) is 0 Å². The molecule has 118 valence electrons. The van der Waals surface area contributed by atoms with E-state index in [1.54, 1.807) is 0 Å². The third kappa shape index (κ3) is 4.44. The maximum Gasteiger partial charge on any atom is 0.0472 e. The lowest BCUT2D eigenvalue weighted by atomic mass is 9.79. The highest BCUT2D eigenvalue weighted by molar-refractivity contribution is 4.91. The van der Waals surface area contributed by atoms with E-state index >= 15 is 0 Å². The Morgan fingerprint density at radius 3 is 2.50 bits per heavy atom. The van der Waals surface area contributed by atoms with E-state index < -0.39 is 0 Å². The number of nitrogens with zero attached hydrogens (tertiary/aromatic N) is 1. The monoisotopic (exact) mass is 282 g/mol. The van der Waals surface area contributed by atoms with E-state index in [1.807, 2.05) is 0 Å². The van der Waals surface area contributed by atoms with Crippen molar-refractivity contribution >= 4 is 0 Å². The Labute approximate surface area is 125 Å². The molecule has 0 bridgehead atoms. The molecule has 2 unspecified atom stereocenters. The van der Waals surface area contributed by atoms with E-state index in [9.17, 15) is 0 Å². The first-order valence-corrected chi connectivity index (χ1v) is 8.53. The molecule has 0 aliphatic carbocycles. The third-order valence-corrected chi connectivity index (χ3v) is 5.06. The van der Waals surface area contributed by atoms with Gasteiger partial charge in [0.2, 0.25) is 0 Å². The summed E-state index contributed by atoms with van der Waals surface area (Å²) < 4.78 is 5.62. The van der Waals surface area contributed by atoms with Gasteiger partial charge in [-0.1, -0.05) is 20.8 Å². The molecule has 0 aromatic carbocycles. The van der Waals surface area contributed by atoms with Crippen LogP contribution in [0, 0.1) is 17.3 Å². The molecule has 0 aromatic rings. The number of ether oxygens (including phenoxy) is 1. The molecular formula is C17H34N2O. The number of likely N-dealkylation sites (tertiary alicyclic amines) is 1. The van der Waals surface area contributed by atoms with Gasteiger partial charge in [-0.05, 0) is 50.0 Å². The highest BCUT2D eigenvalue weighted by Crippen LogP contribution is 2.34. The van der Waals surface area contributed by atoms with Crippen molar-refractivity contribution in [2.45, 2.75) is 53.0 Å². The fourth-order valence-electron chi connectivity index (χ4n) is 3.86. The molecule has 2 aliphatic rings. The molecule has 2 rings (SSSR count). The Morgan fingerprint density at radius 2 is 1.95 bits per heavy atom. The summed E-state index contributed by atoms with van der Waals surface area (Å²) in [6.07, 6.45) is 3.80. The SMILES string of the molecule is CC(C)CNCC1(CN2CC(C)CC2C)CCOCC1. The van der Waals surface area contributed by atoms with Crippen LogP contribution in [0.1, 0.15) is 47.0 Å². The lowest BCUT2D eigenvalue weighted by Crippen LogP contribution is -2.48. The molecule has 2 heterocycles. The van der Waals surface area contributed by atoms with Crippen LogP contribution in [-0.4, -0.2) is 50.3 Å². The van der Waals surface area contributed by atoms with E-state index in [1.165, 1.54) is 32.4 Å². The van der Waals surface area contributed by atoms with Crippen LogP contribution < -0.4 is 5.32 Å². The number of rotatable bonds is 6. The molecule has 2 saturated heterocycles. The minimum absolute atomic E-state index is 0.436. The van der Waals surface area contributed by atoms with E-state index in [2.05, 4.69) is 37.9 Å². The van der Waals surface area contributed by atoms with Gasteiger partial charge in [0.15, 0.2) is 0 Å². The van der Waals surface area contributed by atoms with Gasteiger partial charge in [0.05, 0.1) is 0 Å². The van der Waals surface area contributed by atoms with Gasteiger partial charge in [-0.15, -0.1) is 0 Å². The summed E-state index contributed by atoms with van der Waals surface area (Å²) in [5.41, 5.74) is 0.436. The Hall–Kier alpha value is -0.120. The van der Waals surface area contributed by atoms with E-state index in [0.29, 0.717) is 5.41 Å². The molecule has 0 saturated carbocycles. The van der Waals surface area contributed by atoms with Crippen molar-refractivity contribution in [3.05, 3.63) is 0 Å². The smallest absolute Gasteiger partial charge is 0.0472 e. The minimum atomic E-state index is 0.436. The largest absolute Gasteiger partial charge is 0.381 e. The normalized spacial score (nSPS) is 31.1. The quantitative estimate of drug-likeness (QED) is 0.811. The Bertz CT molecular complexity index is 287. The highest BCUT2D eigenvalue weighted by atomic mass is 16.5. The van der Waals surface area contributed by atoms with Gasteiger partial charge in [0.25, 0.3) is 0 Å². The van der Waals surface area contributed by atoms with Gasteiger partial charge in [0.1, 0.15) is 0 Å². The predicted molar refractivity (Wildman–Crippen MR) is 85.0 cm³/mol. The zero-order chi connectivity index (χ0) is 14.6. The van der Waals surface area contributed by atoms with Gasteiger partial charge in [-0.3, -0.25) is 4.90 Å². The average molecular weight is 282 g/mol. The second-order valence-corrected chi connectivity index (χ2v) is 7.76. The van der Waals surface area contributed by atoms with Gasteiger partial charge < -0.3 is 10.1 Å². The van der Waals surface area contributed by atoms with Gasteiger partial charge in [-0.2, -0.15) is 0 Å². The topological polar surface area (TPSA) is 24.5 Å². The summed E-state index contributed by atoms with van der Waals surface area (Å²) in [4.78, 5) is 2.73. The third-order valence-electron chi connectivity index (χ3n) is 5.06. The summed E-state index contributed by atoms with van der Waals surface area (Å²) in [5.74, 6) is 1.60. The van der Waals surface area contributed by atoms with Crippen LogP contribution >= 0.6 is 0 Å². The molecule has 3 heteroatoms. The van der Waals surface area contributed by atoms with E-state index in [0.717, 1.165) is 44.2 Å². The lowest BCUT2D eigenvalue weighted by molar-refractivity contribution is -0.00604. The Balaban J connectivity index is 1.92. The molecule has 2 atom stereocenters.